The Hall–Kier alpha value is -3.60. The average molecular weight is 489 g/mol. The number of allylic oxidation sites excluding steroid dienone is 1. The third-order valence-electron chi connectivity index (χ3n) is 5.27. The highest BCUT2D eigenvalue weighted by Crippen LogP contribution is 2.31. The predicted octanol–water partition coefficient (Wildman–Crippen LogP) is 2.62. The molecule has 1 aliphatic heterocycles. The molecule has 4 rings (SSSR count). The van der Waals surface area contributed by atoms with E-state index in [2.05, 4.69) is 14.8 Å². The summed E-state index contributed by atoms with van der Waals surface area (Å²) < 4.78 is 38.5. The van der Waals surface area contributed by atoms with Crippen molar-refractivity contribution in [2.75, 3.05) is 6.61 Å². The topological polar surface area (TPSA) is 87.7 Å². The number of rotatable bonds is 7. The first-order valence-electron chi connectivity index (χ1n) is 10.6. The molecule has 178 valence electrons. The Morgan fingerprint density at radius 1 is 1.24 bits per heavy atom. The van der Waals surface area contributed by atoms with E-state index in [0.29, 0.717) is 27.1 Å². The molecular formula is C23H22F2N4O4S. The van der Waals surface area contributed by atoms with Crippen LogP contribution in [0, 0.1) is 0 Å². The number of carbonyl (C=O) groups excluding carboxylic acids is 1. The Labute approximate surface area is 197 Å². The molecule has 0 saturated heterocycles. The quantitative estimate of drug-likeness (QED) is 0.477. The lowest BCUT2D eigenvalue weighted by Crippen LogP contribution is -2.40. The van der Waals surface area contributed by atoms with Gasteiger partial charge >= 0.3 is 12.6 Å². The number of aryl methyl sites for hydroxylation is 1. The second-order valence-electron chi connectivity index (χ2n) is 7.32. The number of halogens is 2. The van der Waals surface area contributed by atoms with Crippen molar-refractivity contribution in [2.24, 2.45) is 4.99 Å². The van der Waals surface area contributed by atoms with Crippen molar-refractivity contribution < 1.29 is 23.0 Å². The van der Waals surface area contributed by atoms with E-state index in [0.717, 1.165) is 5.69 Å². The number of ether oxygens (including phenoxy) is 2. The van der Waals surface area contributed by atoms with Crippen LogP contribution in [0.3, 0.4) is 0 Å². The summed E-state index contributed by atoms with van der Waals surface area (Å²) in [5, 5.41) is 4.22. The third-order valence-corrected chi connectivity index (χ3v) is 6.25. The van der Waals surface area contributed by atoms with Crippen LogP contribution in [0.5, 0.6) is 5.75 Å². The smallest absolute Gasteiger partial charge is 0.387 e. The lowest BCUT2D eigenvalue weighted by Gasteiger charge is -2.24. The number of carbonyl (C=O) groups is 1. The highest BCUT2D eigenvalue weighted by atomic mass is 32.1. The van der Waals surface area contributed by atoms with E-state index in [1.807, 2.05) is 6.92 Å². The van der Waals surface area contributed by atoms with Gasteiger partial charge < -0.3 is 9.47 Å². The minimum absolute atomic E-state index is 0.0302. The van der Waals surface area contributed by atoms with Crippen LogP contribution in [0.25, 0.3) is 6.08 Å². The van der Waals surface area contributed by atoms with Crippen LogP contribution < -0.4 is 19.6 Å². The molecule has 0 radical (unpaired) electrons. The molecule has 0 fully saturated rings. The van der Waals surface area contributed by atoms with Crippen molar-refractivity contribution in [3.63, 3.8) is 0 Å². The molecule has 1 unspecified atom stereocenters. The normalized spacial score (nSPS) is 15.9. The van der Waals surface area contributed by atoms with Gasteiger partial charge in [-0.3, -0.25) is 14.0 Å². The maximum absolute atomic E-state index is 13.5. The van der Waals surface area contributed by atoms with Crippen LogP contribution in [0.4, 0.5) is 8.78 Å². The standard InChI is InChI=1S/C23H22F2N4O4S/c1-4-28-15(10-11-26-28)12-17-20(30)29-19(14-6-8-16(9-7-14)33-22(24)25)18(21(31)32-5-2)13(3)27-23(29)34-17/h6-12,19,22H,4-5H2,1-3H3. The van der Waals surface area contributed by atoms with E-state index in [1.165, 1.54) is 28.0 Å². The Bertz CT molecular complexity index is 1420. The van der Waals surface area contributed by atoms with E-state index in [-0.39, 0.29) is 23.5 Å². The van der Waals surface area contributed by atoms with Crippen LogP contribution in [-0.2, 0) is 16.1 Å². The Morgan fingerprint density at radius 2 is 1.97 bits per heavy atom. The fourth-order valence-corrected chi connectivity index (χ4v) is 4.83. The van der Waals surface area contributed by atoms with Gasteiger partial charge in [-0.15, -0.1) is 0 Å². The Kier molecular flexibility index (Phi) is 6.73. The number of esters is 1. The van der Waals surface area contributed by atoms with Gasteiger partial charge in [0.25, 0.3) is 5.56 Å². The number of hydrogen-bond donors (Lipinski definition) is 0. The SMILES string of the molecule is CCOC(=O)C1=C(C)N=c2sc(=Cc3ccnn3CC)c(=O)n2C1c1ccc(OC(F)F)cc1. The molecule has 0 N–H and O–H groups in total. The van der Waals surface area contributed by atoms with E-state index in [9.17, 15) is 18.4 Å². The minimum atomic E-state index is -2.96. The number of aromatic nitrogens is 3. The van der Waals surface area contributed by atoms with Gasteiger partial charge in [0.05, 0.1) is 34.1 Å². The molecule has 0 saturated carbocycles. The Balaban J connectivity index is 1.90. The summed E-state index contributed by atoms with van der Waals surface area (Å²) in [7, 11) is 0. The zero-order valence-electron chi connectivity index (χ0n) is 18.7. The van der Waals surface area contributed by atoms with Crippen LogP contribution in [0.2, 0.25) is 0 Å². The van der Waals surface area contributed by atoms with E-state index >= 15 is 0 Å². The maximum atomic E-state index is 13.5. The average Bonchev–Trinajstić information content (AvgIpc) is 3.37. The summed E-state index contributed by atoms with van der Waals surface area (Å²) in [6.07, 6.45) is 3.39. The lowest BCUT2D eigenvalue weighted by molar-refractivity contribution is -0.139. The first-order valence-corrected chi connectivity index (χ1v) is 11.4. The number of fused-ring (bicyclic) bond motifs is 1. The summed E-state index contributed by atoms with van der Waals surface area (Å²) in [5.74, 6) is -0.627. The fraction of sp³-hybridized carbons (Fsp3) is 0.304. The fourth-order valence-electron chi connectivity index (χ4n) is 3.80. The molecule has 2 aromatic heterocycles. The zero-order chi connectivity index (χ0) is 24.4. The zero-order valence-corrected chi connectivity index (χ0v) is 19.5. The molecule has 1 atom stereocenters. The van der Waals surface area contributed by atoms with E-state index < -0.39 is 18.6 Å². The van der Waals surface area contributed by atoms with Crippen LogP contribution in [0.1, 0.15) is 38.1 Å². The molecule has 34 heavy (non-hydrogen) atoms. The Morgan fingerprint density at radius 3 is 2.62 bits per heavy atom. The van der Waals surface area contributed by atoms with Gasteiger partial charge in [0.15, 0.2) is 4.80 Å². The van der Waals surface area contributed by atoms with Crippen molar-refractivity contribution in [3.05, 3.63) is 78.7 Å². The largest absolute Gasteiger partial charge is 0.463 e. The van der Waals surface area contributed by atoms with E-state index in [4.69, 9.17) is 4.74 Å². The molecule has 8 nitrogen and oxygen atoms in total. The van der Waals surface area contributed by atoms with Gasteiger partial charge in [0.1, 0.15) is 5.75 Å². The van der Waals surface area contributed by atoms with Gasteiger partial charge in [0.2, 0.25) is 0 Å². The molecule has 3 aromatic rings. The second kappa shape index (κ2) is 9.72. The first kappa shape index (κ1) is 23.6. The molecule has 3 heterocycles. The highest BCUT2D eigenvalue weighted by molar-refractivity contribution is 7.07. The van der Waals surface area contributed by atoms with Crippen LogP contribution >= 0.6 is 11.3 Å². The molecule has 1 aromatic carbocycles. The monoisotopic (exact) mass is 488 g/mol. The molecule has 11 heteroatoms. The molecule has 0 bridgehead atoms. The molecule has 1 aliphatic rings. The van der Waals surface area contributed by atoms with Crippen molar-refractivity contribution in [3.8, 4) is 5.75 Å². The number of alkyl halides is 2. The van der Waals surface area contributed by atoms with E-state index in [1.54, 1.807) is 49.0 Å². The van der Waals surface area contributed by atoms with Crippen molar-refractivity contribution in [2.45, 2.75) is 40.0 Å². The molecular weight excluding hydrogens is 466 g/mol. The van der Waals surface area contributed by atoms with Crippen LogP contribution in [-0.4, -0.2) is 33.5 Å². The number of nitrogens with zero attached hydrogens (tertiary/aromatic N) is 4. The summed E-state index contributed by atoms with van der Waals surface area (Å²) in [5.41, 5.74) is 1.59. The lowest BCUT2D eigenvalue weighted by atomic mass is 9.96. The van der Waals surface area contributed by atoms with Gasteiger partial charge in [0, 0.05) is 12.7 Å². The van der Waals surface area contributed by atoms with Crippen LogP contribution in [0.15, 0.2) is 57.6 Å². The molecule has 0 spiro atoms. The van der Waals surface area contributed by atoms with Crippen molar-refractivity contribution in [1.29, 1.82) is 0 Å². The minimum Gasteiger partial charge on any atom is -0.463 e. The summed E-state index contributed by atoms with van der Waals surface area (Å²) in [4.78, 5) is 31.3. The van der Waals surface area contributed by atoms with Crippen molar-refractivity contribution >= 4 is 23.4 Å². The summed E-state index contributed by atoms with van der Waals surface area (Å²) in [6.45, 7) is 3.13. The highest BCUT2D eigenvalue weighted by Gasteiger charge is 2.33. The van der Waals surface area contributed by atoms with Gasteiger partial charge in [-0.05, 0) is 50.6 Å². The summed E-state index contributed by atoms with van der Waals surface area (Å²) >= 11 is 1.20. The third kappa shape index (κ3) is 4.43. The second-order valence-corrected chi connectivity index (χ2v) is 8.33. The maximum Gasteiger partial charge on any atom is 0.387 e. The number of thiazole rings is 1. The molecule has 0 aliphatic carbocycles. The van der Waals surface area contributed by atoms with Crippen molar-refractivity contribution in [1.82, 2.24) is 14.3 Å². The molecule has 0 amide bonds. The predicted molar refractivity (Wildman–Crippen MR) is 121 cm³/mol. The van der Waals surface area contributed by atoms with Gasteiger partial charge in [-0.25, -0.2) is 9.79 Å². The van der Waals surface area contributed by atoms with Gasteiger partial charge in [-0.2, -0.15) is 13.9 Å². The van der Waals surface area contributed by atoms with Gasteiger partial charge in [-0.1, -0.05) is 23.5 Å². The first-order chi connectivity index (χ1) is 16.3. The number of benzene rings is 1. The summed E-state index contributed by atoms with van der Waals surface area (Å²) in [6, 6.07) is 6.79. The number of hydrogen-bond acceptors (Lipinski definition) is 7.